The number of amides is 2. The van der Waals surface area contributed by atoms with Crippen LogP contribution in [0.2, 0.25) is 0 Å². The molecule has 0 spiro atoms. The Morgan fingerprint density at radius 2 is 1.88 bits per heavy atom. The number of pyridine rings is 1. The lowest BCUT2D eigenvalue weighted by atomic mass is 10.0. The highest BCUT2D eigenvalue weighted by molar-refractivity contribution is 5.83. The van der Waals surface area contributed by atoms with Crippen LogP contribution in [-0.4, -0.2) is 22.7 Å². The van der Waals surface area contributed by atoms with Crippen LogP contribution < -0.4 is 10.6 Å². The number of hydrogen-bond acceptors (Lipinski definition) is 3. The number of carbonyl (C=O) groups is 1. The first-order valence-corrected chi connectivity index (χ1v) is 7.80. The SMILES string of the molecule is O=C(NCc1cccnc1)NCC(O)c1ccc2ccccc2c1. The first-order valence-electron chi connectivity index (χ1n) is 7.80. The first kappa shape index (κ1) is 16.0. The Morgan fingerprint density at radius 1 is 1.04 bits per heavy atom. The monoisotopic (exact) mass is 321 g/mol. The molecule has 0 aliphatic rings. The van der Waals surface area contributed by atoms with E-state index in [9.17, 15) is 9.90 Å². The Labute approximate surface area is 140 Å². The van der Waals surface area contributed by atoms with Crippen LogP contribution in [0.1, 0.15) is 17.2 Å². The summed E-state index contributed by atoms with van der Waals surface area (Å²) in [5.74, 6) is 0. The molecule has 24 heavy (non-hydrogen) atoms. The van der Waals surface area contributed by atoms with E-state index in [4.69, 9.17) is 0 Å². The summed E-state index contributed by atoms with van der Waals surface area (Å²) in [5, 5.41) is 17.9. The minimum atomic E-state index is -0.751. The number of nitrogens with one attached hydrogen (secondary N) is 2. The number of rotatable bonds is 5. The van der Waals surface area contributed by atoms with Gasteiger partial charge in [-0.25, -0.2) is 4.79 Å². The fourth-order valence-corrected chi connectivity index (χ4v) is 2.47. The Kier molecular flexibility index (Phi) is 5.03. The molecule has 0 radical (unpaired) electrons. The van der Waals surface area contributed by atoms with Crippen LogP contribution >= 0.6 is 0 Å². The Bertz CT molecular complexity index is 821. The van der Waals surface area contributed by atoms with E-state index in [-0.39, 0.29) is 12.6 Å². The van der Waals surface area contributed by atoms with Gasteiger partial charge in [0.1, 0.15) is 0 Å². The molecule has 1 aromatic heterocycles. The highest BCUT2D eigenvalue weighted by atomic mass is 16.3. The minimum absolute atomic E-state index is 0.150. The summed E-state index contributed by atoms with van der Waals surface area (Å²) in [6, 6.07) is 17.1. The number of nitrogens with zero attached hydrogens (tertiary/aromatic N) is 1. The third-order valence-corrected chi connectivity index (χ3v) is 3.79. The number of aliphatic hydroxyl groups is 1. The minimum Gasteiger partial charge on any atom is -0.387 e. The van der Waals surface area contributed by atoms with Gasteiger partial charge in [-0.1, -0.05) is 42.5 Å². The number of aromatic nitrogens is 1. The van der Waals surface area contributed by atoms with Gasteiger partial charge in [0.05, 0.1) is 6.10 Å². The standard InChI is InChI=1S/C19H19N3O2/c23-18(17-8-7-15-5-1-2-6-16(15)10-17)13-22-19(24)21-12-14-4-3-9-20-11-14/h1-11,18,23H,12-13H2,(H2,21,22,24). The molecule has 122 valence electrons. The normalized spacial score (nSPS) is 11.9. The van der Waals surface area contributed by atoms with Crippen molar-refractivity contribution in [2.24, 2.45) is 0 Å². The molecule has 0 aliphatic carbocycles. The summed E-state index contributed by atoms with van der Waals surface area (Å²) in [6.45, 7) is 0.545. The molecule has 2 amide bonds. The van der Waals surface area contributed by atoms with Crippen LogP contribution in [0.5, 0.6) is 0 Å². The van der Waals surface area contributed by atoms with Crippen LogP contribution in [0, 0.1) is 0 Å². The van der Waals surface area contributed by atoms with Crippen molar-refractivity contribution in [2.75, 3.05) is 6.54 Å². The molecule has 3 rings (SSSR count). The summed E-state index contributed by atoms with van der Waals surface area (Å²) in [7, 11) is 0. The Hall–Kier alpha value is -2.92. The zero-order valence-corrected chi connectivity index (χ0v) is 13.1. The van der Waals surface area contributed by atoms with Crippen molar-refractivity contribution in [1.29, 1.82) is 0 Å². The van der Waals surface area contributed by atoms with Crippen LogP contribution in [0.25, 0.3) is 10.8 Å². The Balaban J connectivity index is 1.52. The number of fused-ring (bicyclic) bond motifs is 1. The molecule has 0 fully saturated rings. The largest absolute Gasteiger partial charge is 0.387 e. The average molecular weight is 321 g/mol. The van der Waals surface area contributed by atoms with Crippen molar-refractivity contribution >= 4 is 16.8 Å². The number of urea groups is 1. The molecule has 0 saturated heterocycles. The molecule has 3 aromatic rings. The molecule has 2 aromatic carbocycles. The molecule has 1 unspecified atom stereocenters. The number of hydrogen-bond donors (Lipinski definition) is 3. The van der Waals surface area contributed by atoms with Crippen molar-refractivity contribution in [3.63, 3.8) is 0 Å². The van der Waals surface area contributed by atoms with E-state index >= 15 is 0 Å². The maximum atomic E-state index is 11.8. The topological polar surface area (TPSA) is 74.2 Å². The van der Waals surface area contributed by atoms with Crippen LogP contribution in [0.15, 0.2) is 67.0 Å². The third-order valence-electron chi connectivity index (χ3n) is 3.79. The van der Waals surface area contributed by atoms with E-state index in [0.29, 0.717) is 6.54 Å². The lowest BCUT2D eigenvalue weighted by Crippen LogP contribution is -2.37. The smallest absolute Gasteiger partial charge is 0.315 e. The van der Waals surface area contributed by atoms with Crippen molar-refractivity contribution in [1.82, 2.24) is 15.6 Å². The van der Waals surface area contributed by atoms with Crippen LogP contribution in [-0.2, 0) is 6.54 Å². The first-order chi connectivity index (χ1) is 11.7. The number of benzene rings is 2. The molecule has 1 atom stereocenters. The van der Waals surface area contributed by atoms with Gasteiger partial charge in [0.2, 0.25) is 0 Å². The van der Waals surface area contributed by atoms with Gasteiger partial charge in [0.15, 0.2) is 0 Å². The van der Waals surface area contributed by atoms with E-state index < -0.39 is 6.10 Å². The van der Waals surface area contributed by atoms with Crippen molar-refractivity contribution in [3.8, 4) is 0 Å². The molecule has 3 N–H and O–H groups in total. The molecule has 5 nitrogen and oxygen atoms in total. The second-order valence-corrected chi connectivity index (χ2v) is 5.55. The van der Waals surface area contributed by atoms with Gasteiger partial charge in [0.25, 0.3) is 0 Å². The van der Waals surface area contributed by atoms with Crippen molar-refractivity contribution in [3.05, 3.63) is 78.1 Å². The summed E-state index contributed by atoms with van der Waals surface area (Å²) in [4.78, 5) is 15.8. The van der Waals surface area contributed by atoms with E-state index in [1.165, 1.54) is 0 Å². The number of aliphatic hydroxyl groups excluding tert-OH is 1. The molecule has 0 bridgehead atoms. The summed E-state index contributed by atoms with van der Waals surface area (Å²) in [5.41, 5.74) is 1.70. The van der Waals surface area contributed by atoms with Gasteiger partial charge >= 0.3 is 6.03 Å². The van der Waals surface area contributed by atoms with E-state index in [1.807, 2.05) is 54.6 Å². The average Bonchev–Trinajstić information content (AvgIpc) is 2.65. The quantitative estimate of drug-likeness (QED) is 0.676. The molecule has 0 saturated carbocycles. The summed E-state index contributed by atoms with van der Waals surface area (Å²) < 4.78 is 0. The summed E-state index contributed by atoms with van der Waals surface area (Å²) >= 11 is 0. The highest BCUT2D eigenvalue weighted by Crippen LogP contribution is 2.19. The second-order valence-electron chi connectivity index (χ2n) is 5.55. The predicted octanol–water partition coefficient (Wildman–Crippen LogP) is 2.77. The van der Waals surface area contributed by atoms with Gasteiger partial charge in [-0.2, -0.15) is 0 Å². The van der Waals surface area contributed by atoms with Gasteiger partial charge in [-0.05, 0) is 34.0 Å². The Morgan fingerprint density at radius 3 is 2.67 bits per heavy atom. The van der Waals surface area contributed by atoms with Crippen molar-refractivity contribution < 1.29 is 9.90 Å². The van der Waals surface area contributed by atoms with Gasteiger partial charge in [-0.3, -0.25) is 4.98 Å². The fraction of sp³-hybridized carbons (Fsp3) is 0.158. The highest BCUT2D eigenvalue weighted by Gasteiger charge is 2.10. The van der Waals surface area contributed by atoms with Crippen LogP contribution in [0.4, 0.5) is 4.79 Å². The zero-order chi connectivity index (χ0) is 16.8. The van der Waals surface area contributed by atoms with Crippen molar-refractivity contribution in [2.45, 2.75) is 12.6 Å². The fourth-order valence-electron chi connectivity index (χ4n) is 2.47. The van der Waals surface area contributed by atoms with Gasteiger partial charge < -0.3 is 15.7 Å². The molecular weight excluding hydrogens is 302 g/mol. The van der Waals surface area contributed by atoms with E-state index in [1.54, 1.807) is 12.4 Å². The van der Waals surface area contributed by atoms with Crippen LogP contribution in [0.3, 0.4) is 0 Å². The zero-order valence-electron chi connectivity index (χ0n) is 13.1. The molecule has 1 heterocycles. The molecular formula is C19H19N3O2. The third kappa shape index (κ3) is 4.08. The predicted molar refractivity (Wildman–Crippen MR) is 93.4 cm³/mol. The van der Waals surface area contributed by atoms with Gasteiger partial charge in [-0.15, -0.1) is 0 Å². The van der Waals surface area contributed by atoms with Gasteiger partial charge in [0, 0.05) is 25.5 Å². The maximum absolute atomic E-state index is 11.8. The lowest BCUT2D eigenvalue weighted by Gasteiger charge is -2.13. The van der Waals surface area contributed by atoms with E-state index in [2.05, 4.69) is 15.6 Å². The van der Waals surface area contributed by atoms with E-state index in [0.717, 1.165) is 21.9 Å². The molecule has 5 heteroatoms. The lowest BCUT2D eigenvalue weighted by molar-refractivity contribution is 0.173. The second kappa shape index (κ2) is 7.57. The molecule has 0 aliphatic heterocycles. The summed E-state index contributed by atoms with van der Waals surface area (Å²) in [6.07, 6.45) is 2.63. The number of carbonyl (C=O) groups excluding carboxylic acids is 1. The maximum Gasteiger partial charge on any atom is 0.315 e.